The van der Waals surface area contributed by atoms with Gasteiger partial charge in [0.2, 0.25) is 0 Å². The number of hydrogen-bond acceptors (Lipinski definition) is 1. The third-order valence-corrected chi connectivity index (χ3v) is 4.17. The second-order valence-electron chi connectivity index (χ2n) is 5.19. The third-order valence-electron chi connectivity index (χ3n) is 3.68. The fraction of sp³-hybridized carbons (Fsp3) is 0.333. The Balaban J connectivity index is 2.07. The van der Waals surface area contributed by atoms with Crippen LogP contribution in [0.1, 0.15) is 30.4 Å². The summed E-state index contributed by atoms with van der Waals surface area (Å²) in [7, 11) is 0. The minimum atomic E-state index is -0.117. The molecule has 0 heterocycles. The quantitative estimate of drug-likeness (QED) is 0.748. The number of rotatable bonds is 7. The van der Waals surface area contributed by atoms with Crippen molar-refractivity contribution in [2.75, 3.05) is 13.1 Å². The average molecular weight is 350 g/mol. The van der Waals surface area contributed by atoms with E-state index in [-0.39, 0.29) is 5.82 Å². The van der Waals surface area contributed by atoms with Crippen molar-refractivity contribution in [3.63, 3.8) is 0 Å². The molecule has 0 amide bonds. The van der Waals surface area contributed by atoms with E-state index >= 15 is 0 Å². The van der Waals surface area contributed by atoms with Gasteiger partial charge < -0.3 is 5.32 Å². The molecule has 1 nitrogen and oxygen atoms in total. The summed E-state index contributed by atoms with van der Waals surface area (Å²) in [6, 6.07) is 15.6. The van der Waals surface area contributed by atoms with Gasteiger partial charge in [-0.15, -0.1) is 0 Å². The van der Waals surface area contributed by atoms with Gasteiger partial charge in [-0.1, -0.05) is 53.2 Å². The largest absolute Gasteiger partial charge is 0.316 e. The van der Waals surface area contributed by atoms with Crippen molar-refractivity contribution in [2.24, 2.45) is 0 Å². The fourth-order valence-corrected chi connectivity index (χ4v) is 2.90. The van der Waals surface area contributed by atoms with Crippen molar-refractivity contribution in [3.05, 3.63) is 69.9 Å². The van der Waals surface area contributed by atoms with E-state index in [0.717, 1.165) is 36.0 Å². The molecule has 0 spiro atoms. The summed E-state index contributed by atoms with van der Waals surface area (Å²) in [5, 5.41) is 3.41. The first-order chi connectivity index (χ1) is 10.2. The molecule has 0 saturated heterocycles. The lowest BCUT2D eigenvalue weighted by Gasteiger charge is -2.18. The SMILES string of the molecule is CCNCC(CCc1cc(Br)ccc1F)c1ccccc1. The van der Waals surface area contributed by atoms with Gasteiger partial charge in [0.05, 0.1) is 0 Å². The van der Waals surface area contributed by atoms with Crippen LogP contribution in [0, 0.1) is 5.82 Å². The molecular weight excluding hydrogens is 329 g/mol. The summed E-state index contributed by atoms with van der Waals surface area (Å²) in [6.45, 7) is 3.99. The maximum absolute atomic E-state index is 13.8. The molecule has 0 fully saturated rings. The number of hydrogen-bond donors (Lipinski definition) is 1. The lowest BCUT2D eigenvalue weighted by atomic mass is 9.92. The maximum atomic E-state index is 13.8. The molecule has 2 rings (SSSR count). The van der Waals surface area contributed by atoms with Gasteiger partial charge in [-0.3, -0.25) is 0 Å². The Morgan fingerprint density at radius 1 is 1.14 bits per heavy atom. The van der Waals surface area contributed by atoms with Gasteiger partial charge >= 0.3 is 0 Å². The number of nitrogens with one attached hydrogen (secondary N) is 1. The van der Waals surface area contributed by atoms with Crippen LogP contribution in [0.25, 0.3) is 0 Å². The van der Waals surface area contributed by atoms with Crippen LogP contribution in [0.2, 0.25) is 0 Å². The van der Waals surface area contributed by atoms with Crippen molar-refractivity contribution < 1.29 is 4.39 Å². The van der Waals surface area contributed by atoms with E-state index in [1.54, 1.807) is 6.07 Å². The van der Waals surface area contributed by atoms with Crippen LogP contribution in [-0.2, 0) is 6.42 Å². The molecule has 0 saturated carbocycles. The highest BCUT2D eigenvalue weighted by Gasteiger charge is 2.12. The van der Waals surface area contributed by atoms with E-state index in [2.05, 4.69) is 52.4 Å². The number of aryl methyl sites for hydroxylation is 1. The maximum Gasteiger partial charge on any atom is 0.126 e. The topological polar surface area (TPSA) is 12.0 Å². The molecule has 2 aromatic rings. The average Bonchev–Trinajstić information content (AvgIpc) is 2.51. The van der Waals surface area contributed by atoms with Gasteiger partial charge in [-0.2, -0.15) is 0 Å². The Morgan fingerprint density at radius 3 is 2.62 bits per heavy atom. The lowest BCUT2D eigenvalue weighted by Crippen LogP contribution is -2.21. The Bertz CT molecular complexity index is 556. The fourth-order valence-electron chi connectivity index (χ4n) is 2.49. The summed E-state index contributed by atoms with van der Waals surface area (Å²) in [4.78, 5) is 0. The van der Waals surface area contributed by atoms with Crippen molar-refractivity contribution in [1.29, 1.82) is 0 Å². The summed E-state index contributed by atoms with van der Waals surface area (Å²) >= 11 is 3.41. The first kappa shape index (κ1) is 16.2. The van der Waals surface area contributed by atoms with Crippen LogP contribution in [0.3, 0.4) is 0 Å². The molecule has 1 atom stereocenters. The highest BCUT2D eigenvalue weighted by atomic mass is 79.9. The molecule has 0 aliphatic rings. The molecule has 0 aliphatic heterocycles. The van der Waals surface area contributed by atoms with Crippen LogP contribution in [-0.4, -0.2) is 13.1 Å². The first-order valence-corrected chi connectivity index (χ1v) is 8.19. The first-order valence-electron chi connectivity index (χ1n) is 7.40. The molecule has 0 aromatic heterocycles. The van der Waals surface area contributed by atoms with E-state index in [1.807, 2.05) is 12.1 Å². The van der Waals surface area contributed by atoms with Crippen LogP contribution < -0.4 is 5.32 Å². The minimum Gasteiger partial charge on any atom is -0.316 e. The molecule has 0 radical (unpaired) electrons. The lowest BCUT2D eigenvalue weighted by molar-refractivity contribution is 0.546. The molecule has 1 unspecified atom stereocenters. The van der Waals surface area contributed by atoms with Crippen molar-refractivity contribution in [2.45, 2.75) is 25.7 Å². The number of halogens is 2. The Kier molecular flexibility index (Phi) is 6.40. The monoisotopic (exact) mass is 349 g/mol. The minimum absolute atomic E-state index is 0.117. The summed E-state index contributed by atoms with van der Waals surface area (Å²) in [5.41, 5.74) is 2.09. The van der Waals surface area contributed by atoms with Crippen molar-refractivity contribution in [1.82, 2.24) is 5.32 Å². The Hall–Kier alpha value is -1.19. The molecule has 1 N–H and O–H groups in total. The zero-order valence-corrected chi connectivity index (χ0v) is 13.9. The van der Waals surface area contributed by atoms with Gasteiger partial charge in [-0.25, -0.2) is 4.39 Å². The molecule has 21 heavy (non-hydrogen) atoms. The van der Waals surface area contributed by atoms with Gasteiger partial charge in [0.15, 0.2) is 0 Å². The standard InChI is InChI=1S/C18H21BrFN/c1-2-21-13-16(14-6-4-3-5-7-14)9-8-15-12-17(19)10-11-18(15)20/h3-7,10-12,16,21H,2,8-9,13H2,1H3. The smallest absolute Gasteiger partial charge is 0.126 e. The highest BCUT2D eigenvalue weighted by molar-refractivity contribution is 9.10. The molecule has 2 aromatic carbocycles. The second-order valence-corrected chi connectivity index (χ2v) is 6.11. The van der Waals surface area contributed by atoms with E-state index < -0.39 is 0 Å². The second kappa shape index (κ2) is 8.30. The van der Waals surface area contributed by atoms with E-state index in [1.165, 1.54) is 11.6 Å². The van der Waals surface area contributed by atoms with Crippen molar-refractivity contribution >= 4 is 15.9 Å². The molecular formula is C18H21BrFN. The van der Waals surface area contributed by atoms with Crippen LogP contribution >= 0.6 is 15.9 Å². The predicted molar refractivity (Wildman–Crippen MR) is 90.1 cm³/mol. The van der Waals surface area contributed by atoms with Gasteiger partial charge in [0, 0.05) is 11.0 Å². The number of likely N-dealkylation sites (N-methyl/N-ethyl adjacent to an activating group) is 1. The normalized spacial score (nSPS) is 12.3. The zero-order chi connectivity index (χ0) is 15.1. The zero-order valence-electron chi connectivity index (χ0n) is 12.3. The van der Waals surface area contributed by atoms with Crippen LogP contribution in [0.4, 0.5) is 4.39 Å². The predicted octanol–water partition coefficient (Wildman–Crippen LogP) is 4.91. The van der Waals surface area contributed by atoms with Gasteiger partial charge in [-0.05, 0) is 54.6 Å². The Morgan fingerprint density at radius 2 is 1.90 bits per heavy atom. The number of benzene rings is 2. The van der Waals surface area contributed by atoms with E-state index in [0.29, 0.717) is 5.92 Å². The van der Waals surface area contributed by atoms with E-state index in [9.17, 15) is 4.39 Å². The van der Waals surface area contributed by atoms with E-state index in [4.69, 9.17) is 0 Å². The molecule has 0 aliphatic carbocycles. The van der Waals surface area contributed by atoms with Crippen molar-refractivity contribution in [3.8, 4) is 0 Å². The summed E-state index contributed by atoms with van der Waals surface area (Å²) < 4.78 is 14.8. The summed E-state index contributed by atoms with van der Waals surface area (Å²) in [6.07, 6.45) is 1.68. The Labute approximate surface area is 134 Å². The molecule has 3 heteroatoms. The molecule has 0 bridgehead atoms. The molecule has 112 valence electrons. The van der Waals surface area contributed by atoms with Gasteiger partial charge in [0.25, 0.3) is 0 Å². The third kappa shape index (κ3) is 4.94. The highest BCUT2D eigenvalue weighted by Crippen LogP contribution is 2.23. The van der Waals surface area contributed by atoms with Gasteiger partial charge in [0.1, 0.15) is 5.82 Å². The van der Waals surface area contributed by atoms with Crippen LogP contribution in [0.5, 0.6) is 0 Å². The van der Waals surface area contributed by atoms with Crippen LogP contribution in [0.15, 0.2) is 53.0 Å². The summed E-state index contributed by atoms with van der Waals surface area (Å²) in [5.74, 6) is 0.290.